The Hall–Kier alpha value is -3.67. The van der Waals surface area contributed by atoms with Gasteiger partial charge >= 0.3 is 0 Å². The van der Waals surface area contributed by atoms with Crippen LogP contribution in [0.25, 0.3) is 22.2 Å². The predicted octanol–water partition coefficient (Wildman–Crippen LogP) is 3.82. The molecule has 0 atom stereocenters. The summed E-state index contributed by atoms with van der Waals surface area (Å²) >= 11 is 0. The van der Waals surface area contributed by atoms with E-state index in [4.69, 9.17) is 0 Å². The van der Waals surface area contributed by atoms with E-state index in [1.807, 2.05) is 53.6 Å². The number of anilines is 1. The highest BCUT2D eigenvalue weighted by atomic mass is 16.2. The third-order valence-corrected chi connectivity index (χ3v) is 6.04. The lowest BCUT2D eigenvalue weighted by Gasteiger charge is -2.35. The van der Waals surface area contributed by atoms with Crippen molar-refractivity contribution in [3.05, 3.63) is 78.0 Å². The number of hydrogen-bond acceptors (Lipinski definition) is 4. The molecule has 1 aliphatic rings. The first kappa shape index (κ1) is 19.3. The highest BCUT2D eigenvalue weighted by molar-refractivity contribution is 5.89. The molecule has 31 heavy (non-hydrogen) atoms. The van der Waals surface area contributed by atoms with Crippen LogP contribution in [0.15, 0.2) is 66.9 Å². The van der Waals surface area contributed by atoms with Gasteiger partial charge in [-0.1, -0.05) is 42.5 Å². The number of benzene rings is 2. The first-order valence-corrected chi connectivity index (χ1v) is 10.7. The van der Waals surface area contributed by atoms with Crippen LogP contribution in [0.4, 0.5) is 5.82 Å². The molecular formula is C25H25N5O. The van der Waals surface area contributed by atoms with Gasteiger partial charge in [-0.25, -0.2) is 0 Å². The summed E-state index contributed by atoms with van der Waals surface area (Å²) in [5.41, 5.74) is 5.30. The molecule has 5 rings (SSSR count). The summed E-state index contributed by atoms with van der Waals surface area (Å²) in [6.07, 6.45) is 2.37. The molecule has 6 nitrogen and oxygen atoms in total. The van der Waals surface area contributed by atoms with Gasteiger partial charge in [0.1, 0.15) is 0 Å². The molecular weight excluding hydrogens is 386 g/mol. The summed E-state index contributed by atoms with van der Waals surface area (Å²) in [6.45, 7) is 5.00. The average Bonchev–Trinajstić information content (AvgIpc) is 3.22. The van der Waals surface area contributed by atoms with Crippen LogP contribution in [0.1, 0.15) is 11.1 Å². The molecule has 6 heteroatoms. The second kappa shape index (κ2) is 8.22. The quantitative estimate of drug-likeness (QED) is 0.554. The summed E-state index contributed by atoms with van der Waals surface area (Å²) in [7, 11) is 0. The van der Waals surface area contributed by atoms with E-state index >= 15 is 0 Å². The average molecular weight is 412 g/mol. The number of aromatic nitrogens is 3. The van der Waals surface area contributed by atoms with Crippen molar-refractivity contribution in [3.63, 3.8) is 0 Å². The maximum atomic E-state index is 12.9. The lowest BCUT2D eigenvalue weighted by Crippen LogP contribution is -2.49. The zero-order valence-electron chi connectivity index (χ0n) is 17.6. The van der Waals surface area contributed by atoms with Gasteiger partial charge in [-0.05, 0) is 36.2 Å². The Labute approximate surface area is 181 Å². The molecule has 1 N–H and O–H groups in total. The maximum Gasteiger partial charge on any atom is 0.227 e. The molecule has 2 aromatic heterocycles. The number of amides is 1. The maximum absolute atomic E-state index is 12.9. The number of aryl methyl sites for hydroxylation is 1. The molecule has 2 aromatic carbocycles. The van der Waals surface area contributed by atoms with Crippen molar-refractivity contribution in [1.82, 2.24) is 20.1 Å². The number of para-hydroxylation sites is 1. The van der Waals surface area contributed by atoms with E-state index in [0.717, 1.165) is 46.6 Å². The minimum atomic E-state index is 0.172. The molecule has 0 aliphatic carbocycles. The van der Waals surface area contributed by atoms with Crippen molar-refractivity contribution in [2.75, 3.05) is 31.1 Å². The Bertz CT molecular complexity index is 1210. The van der Waals surface area contributed by atoms with Crippen molar-refractivity contribution in [1.29, 1.82) is 0 Å². The van der Waals surface area contributed by atoms with Gasteiger partial charge < -0.3 is 14.8 Å². The molecule has 0 radical (unpaired) electrons. The van der Waals surface area contributed by atoms with Crippen LogP contribution < -0.4 is 4.90 Å². The Kier molecular flexibility index (Phi) is 5.12. The lowest BCUT2D eigenvalue weighted by molar-refractivity contribution is -0.130. The summed E-state index contributed by atoms with van der Waals surface area (Å²) in [4.78, 5) is 20.3. The number of rotatable bonds is 4. The smallest absolute Gasteiger partial charge is 0.227 e. The fraction of sp³-hybridized carbons (Fsp3) is 0.240. The van der Waals surface area contributed by atoms with E-state index in [1.54, 1.807) is 0 Å². The zero-order valence-corrected chi connectivity index (χ0v) is 17.6. The number of hydrogen-bond donors (Lipinski definition) is 1. The molecule has 1 amide bonds. The first-order chi connectivity index (χ1) is 15.2. The van der Waals surface area contributed by atoms with Gasteiger partial charge in [-0.3, -0.25) is 4.79 Å². The van der Waals surface area contributed by atoms with Crippen molar-refractivity contribution in [3.8, 4) is 11.3 Å². The minimum Gasteiger partial charge on any atom is -0.361 e. The number of aromatic amines is 1. The van der Waals surface area contributed by atoms with Gasteiger partial charge in [-0.15, -0.1) is 10.2 Å². The summed E-state index contributed by atoms with van der Waals surface area (Å²) in [5, 5.41) is 10.0. The molecule has 0 saturated carbocycles. The zero-order chi connectivity index (χ0) is 21.2. The first-order valence-electron chi connectivity index (χ1n) is 10.7. The Morgan fingerprint density at radius 2 is 1.71 bits per heavy atom. The monoisotopic (exact) mass is 411 g/mol. The van der Waals surface area contributed by atoms with Gasteiger partial charge in [0.25, 0.3) is 0 Å². The SMILES string of the molecule is Cc1ccccc1-c1ccc(N2CCN(C(=O)Cc3c[nH]c4ccccc34)CC2)nn1. The largest absolute Gasteiger partial charge is 0.361 e. The van der Waals surface area contributed by atoms with Crippen LogP contribution in [0, 0.1) is 6.92 Å². The minimum absolute atomic E-state index is 0.172. The van der Waals surface area contributed by atoms with Crippen LogP contribution in [-0.2, 0) is 11.2 Å². The molecule has 0 bridgehead atoms. The van der Waals surface area contributed by atoms with Crippen molar-refractivity contribution in [2.24, 2.45) is 0 Å². The van der Waals surface area contributed by atoms with Crippen LogP contribution in [-0.4, -0.2) is 52.2 Å². The van der Waals surface area contributed by atoms with Crippen LogP contribution in [0.3, 0.4) is 0 Å². The number of H-pyrrole nitrogens is 1. The van der Waals surface area contributed by atoms with Gasteiger partial charge in [0.2, 0.25) is 5.91 Å². The number of nitrogens with one attached hydrogen (secondary N) is 1. The van der Waals surface area contributed by atoms with Crippen molar-refractivity contribution >= 4 is 22.6 Å². The molecule has 1 aliphatic heterocycles. The number of carbonyl (C=O) groups excluding carboxylic acids is 1. The van der Waals surface area contributed by atoms with Crippen molar-refractivity contribution in [2.45, 2.75) is 13.3 Å². The number of fused-ring (bicyclic) bond motifs is 1. The summed E-state index contributed by atoms with van der Waals surface area (Å²) in [6, 6.07) is 20.4. The predicted molar refractivity (Wildman–Crippen MR) is 123 cm³/mol. The second-order valence-corrected chi connectivity index (χ2v) is 8.00. The third-order valence-electron chi connectivity index (χ3n) is 6.04. The molecule has 0 unspecified atom stereocenters. The van der Waals surface area contributed by atoms with Gasteiger partial charge in [0.05, 0.1) is 12.1 Å². The van der Waals surface area contributed by atoms with E-state index < -0.39 is 0 Å². The number of piperazine rings is 1. The molecule has 0 spiro atoms. The fourth-order valence-electron chi connectivity index (χ4n) is 4.24. The lowest BCUT2D eigenvalue weighted by atomic mass is 10.1. The van der Waals surface area contributed by atoms with E-state index in [0.29, 0.717) is 19.5 Å². The van der Waals surface area contributed by atoms with E-state index in [9.17, 15) is 4.79 Å². The molecule has 3 heterocycles. The Balaban J connectivity index is 1.21. The summed E-state index contributed by atoms with van der Waals surface area (Å²) in [5.74, 6) is 1.03. The van der Waals surface area contributed by atoms with Crippen LogP contribution in [0.2, 0.25) is 0 Å². The van der Waals surface area contributed by atoms with Gasteiger partial charge in [0, 0.05) is 48.8 Å². The summed E-state index contributed by atoms with van der Waals surface area (Å²) < 4.78 is 0. The standard InChI is InChI=1S/C25H25N5O/c1-18-6-2-3-7-20(18)23-10-11-24(28-27-23)29-12-14-30(15-13-29)25(31)16-19-17-26-22-9-5-4-8-21(19)22/h2-11,17,26H,12-16H2,1H3. The van der Waals surface area contributed by atoms with E-state index in [-0.39, 0.29) is 5.91 Å². The van der Waals surface area contributed by atoms with Crippen molar-refractivity contribution < 1.29 is 4.79 Å². The molecule has 1 saturated heterocycles. The van der Waals surface area contributed by atoms with Crippen LogP contribution >= 0.6 is 0 Å². The van der Waals surface area contributed by atoms with E-state index in [1.165, 1.54) is 5.56 Å². The highest BCUT2D eigenvalue weighted by Crippen LogP contribution is 2.23. The van der Waals surface area contributed by atoms with Gasteiger partial charge in [0.15, 0.2) is 5.82 Å². The normalized spacial score (nSPS) is 14.2. The molecule has 1 fully saturated rings. The van der Waals surface area contributed by atoms with Gasteiger partial charge in [-0.2, -0.15) is 0 Å². The van der Waals surface area contributed by atoms with E-state index in [2.05, 4.69) is 45.2 Å². The number of nitrogens with zero attached hydrogens (tertiary/aromatic N) is 4. The fourth-order valence-corrected chi connectivity index (χ4v) is 4.24. The second-order valence-electron chi connectivity index (χ2n) is 8.00. The third kappa shape index (κ3) is 3.89. The molecule has 156 valence electrons. The topological polar surface area (TPSA) is 65.1 Å². The number of carbonyl (C=O) groups is 1. The highest BCUT2D eigenvalue weighted by Gasteiger charge is 2.23. The molecule has 4 aromatic rings. The Morgan fingerprint density at radius 1 is 0.935 bits per heavy atom. The Morgan fingerprint density at radius 3 is 2.48 bits per heavy atom. The van der Waals surface area contributed by atoms with Crippen LogP contribution in [0.5, 0.6) is 0 Å².